The van der Waals surface area contributed by atoms with Gasteiger partial charge >= 0.3 is 0 Å². The van der Waals surface area contributed by atoms with Crippen LogP contribution in [0.15, 0.2) is 91.1 Å². The molecule has 7 heteroatoms. The normalized spacial score (nSPS) is 10.7. The number of imidazole rings is 1. The van der Waals surface area contributed by atoms with Crippen LogP contribution in [0.2, 0.25) is 0 Å². The monoisotopic (exact) mass is 482 g/mol. The first kappa shape index (κ1) is 24.9. The zero-order valence-corrected chi connectivity index (χ0v) is 20.6. The SMILES string of the molecule is COCCN(CC(=O)Nc1nc(-c2ccccc2)cn1-c1ccc(C)cc1)C(=O)Cc1ccccc1. The van der Waals surface area contributed by atoms with Crippen LogP contribution in [0.4, 0.5) is 5.95 Å². The molecule has 0 fully saturated rings. The van der Waals surface area contributed by atoms with E-state index in [0.717, 1.165) is 28.1 Å². The summed E-state index contributed by atoms with van der Waals surface area (Å²) >= 11 is 0. The van der Waals surface area contributed by atoms with Crippen molar-refractivity contribution in [2.75, 3.05) is 32.1 Å². The number of ether oxygens (including phenoxy) is 1. The number of nitrogens with zero attached hydrogens (tertiary/aromatic N) is 3. The molecule has 184 valence electrons. The van der Waals surface area contributed by atoms with Crippen molar-refractivity contribution >= 4 is 17.8 Å². The molecule has 4 rings (SSSR count). The van der Waals surface area contributed by atoms with Gasteiger partial charge in [0.15, 0.2) is 0 Å². The maximum Gasteiger partial charge on any atom is 0.246 e. The molecule has 0 bridgehead atoms. The second-order valence-electron chi connectivity index (χ2n) is 8.54. The van der Waals surface area contributed by atoms with E-state index in [4.69, 9.17) is 9.72 Å². The minimum Gasteiger partial charge on any atom is -0.383 e. The molecule has 0 spiro atoms. The van der Waals surface area contributed by atoms with Crippen LogP contribution in [0.25, 0.3) is 16.9 Å². The first-order valence-corrected chi connectivity index (χ1v) is 11.9. The molecule has 7 nitrogen and oxygen atoms in total. The highest BCUT2D eigenvalue weighted by Gasteiger charge is 2.20. The molecule has 0 unspecified atom stereocenters. The van der Waals surface area contributed by atoms with Gasteiger partial charge in [0.05, 0.1) is 18.7 Å². The van der Waals surface area contributed by atoms with Crippen molar-refractivity contribution in [2.45, 2.75) is 13.3 Å². The maximum absolute atomic E-state index is 13.1. The van der Waals surface area contributed by atoms with E-state index >= 15 is 0 Å². The molecule has 0 aliphatic heterocycles. The zero-order valence-electron chi connectivity index (χ0n) is 20.6. The van der Waals surface area contributed by atoms with E-state index in [1.807, 2.05) is 103 Å². The lowest BCUT2D eigenvalue weighted by Gasteiger charge is -2.22. The molecular formula is C29H30N4O3. The van der Waals surface area contributed by atoms with Crippen molar-refractivity contribution in [2.24, 2.45) is 0 Å². The zero-order chi connectivity index (χ0) is 25.3. The molecule has 1 N–H and O–H groups in total. The fraction of sp³-hybridized carbons (Fsp3) is 0.207. The fourth-order valence-corrected chi connectivity index (χ4v) is 3.83. The van der Waals surface area contributed by atoms with Gasteiger partial charge < -0.3 is 9.64 Å². The number of methoxy groups -OCH3 is 1. The summed E-state index contributed by atoms with van der Waals surface area (Å²) in [6, 6.07) is 27.3. The lowest BCUT2D eigenvalue weighted by atomic mass is 10.1. The third-order valence-corrected chi connectivity index (χ3v) is 5.79. The first-order valence-electron chi connectivity index (χ1n) is 11.9. The first-order chi connectivity index (χ1) is 17.5. The largest absolute Gasteiger partial charge is 0.383 e. The van der Waals surface area contributed by atoms with Crippen molar-refractivity contribution < 1.29 is 14.3 Å². The standard InChI is InChI=1S/C29H30N4O3/c1-22-13-15-25(16-14-22)33-20-26(24-11-7-4-8-12-24)30-29(33)31-27(34)21-32(17-18-36-2)28(35)19-23-9-5-3-6-10-23/h3-16,20H,17-19,21H2,1-2H3,(H,30,31,34). The minimum atomic E-state index is -0.328. The smallest absolute Gasteiger partial charge is 0.246 e. The van der Waals surface area contributed by atoms with Crippen molar-refractivity contribution in [3.8, 4) is 16.9 Å². The van der Waals surface area contributed by atoms with E-state index in [1.165, 1.54) is 4.90 Å². The highest BCUT2D eigenvalue weighted by molar-refractivity contribution is 5.94. The van der Waals surface area contributed by atoms with Crippen molar-refractivity contribution in [3.63, 3.8) is 0 Å². The number of carbonyl (C=O) groups excluding carboxylic acids is 2. The number of carbonyl (C=O) groups is 2. The lowest BCUT2D eigenvalue weighted by Crippen LogP contribution is -2.41. The van der Waals surface area contributed by atoms with Crippen LogP contribution in [0.5, 0.6) is 0 Å². The van der Waals surface area contributed by atoms with Gasteiger partial charge in [-0.15, -0.1) is 0 Å². The Morgan fingerprint density at radius 3 is 2.28 bits per heavy atom. The molecular weight excluding hydrogens is 452 g/mol. The van der Waals surface area contributed by atoms with Crippen LogP contribution >= 0.6 is 0 Å². The van der Waals surface area contributed by atoms with Crippen molar-refractivity contribution in [1.82, 2.24) is 14.5 Å². The van der Waals surface area contributed by atoms with Gasteiger partial charge in [0.2, 0.25) is 17.8 Å². The summed E-state index contributed by atoms with van der Waals surface area (Å²) in [5.74, 6) is -0.0729. The Balaban J connectivity index is 1.55. The Kier molecular flexibility index (Phi) is 8.26. The van der Waals surface area contributed by atoms with Crippen LogP contribution in [-0.2, 0) is 20.7 Å². The predicted molar refractivity (Wildman–Crippen MR) is 141 cm³/mol. The van der Waals surface area contributed by atoms with Crippen LogP contribution in [0.3, 0.4) is 0 Å². The van der Waals surface area contributed by atoms with Gasteiger partial charge in [-0.2, -0.15) is 0 Å². The highest BCUT2D eigenvalue weighted by atomic mass is 16.5. The number of aromatic nitrogens is 2. The number of rotatable bonds is 10. The molecule has 0 saturated carbocycles. The van der Waals surface area contributed by atoms with E-state index < -0.39 is 0 Å². The number of hydrogen-bond donors (Lipinski definition) is 1. The summed E-state index contributed by atoms with van der Waals surface area (Å²) in [7, 11) is 1.57. The number of benzene rings is 3. The summed E-state index contributed by atoms with van der Waals surface area (Å²) in [5, 5.41) is 2.92. The molecule has 1 aromatic heterocycles. The molecule has 0 radical (unpaired) electrons. The Hall–Kier alpha value is -4.23. The molecule has 36 heavy (non-hydrogen) atoms. The summed E-state index contributed by atoms with van der Waals surface area (Å²) in [6.45, 7) is 2.58. The Morgan fingerprint density at radius 2 is 1.61 bits per heavy atom. The number of aryl methyl sites for hydroxylation is 1. The van der Waals surface area contributed by atoms with Gasteiger partial charge in [-0.1, -0.05) is 78.4 Å². The number of anilines is 1. The van der Waals surface area contributed by atoms with Crippen LogP contribution in [0.1, 0.15) is 11.1 Å². The van der Waals surface area contributed by atoms with Crippen LogP contribution in [-0.4, -0.2) is 53.1 Å². The minimum absolute atomic E-state index is 0.101. The van der Waals surface area contributed by atoms with E-state index in [-0.39, 0.29) is 24.8 Å². The van der Waals surface area contributed by atoms with Crippen LogP contribution in [0, 0.1) is 6.92 Å². The third kappa shape index (κ3) is 6.46. The number of hydrogen-bond acceptors (Lipinski definition) is 4. The topological polar surface area (TPSA) is 76.5 Å². The van der Waals surface area contributed by atoms with Crippen LogP contribution < -0.4 is 5.32 Å². The fourth-order valence-electron chi connectivity index (χ4n) is 3.83. The van der Waals surface area contributed by atoms with Gasteiger partial charge in [0, 0.05) is 31.1 Å². The van der Waals surface area contributed by atoms with Crippen molar-refractivity contribution in [3.05, 3.63) is 102 Å². The van der Waals surface area contributed by atoms with E-state index in [0.29, 0.717) is 19.1 Å². The second-order valence-corrected chi connectivity index (χ2v) is 8.54. The molecule has 0 aliphatic carbocycles. The van der Waals surface area contributed by atoms with Crippen molar-refractivity contribution in [1.29, 1.82) is 0 Å². The third-order valence-electron chi connectivity index (χ3n) is 5.79. The number of amides is 2. The van der Waals surface area contributed by atoms with E-state index in [2.05, 4.69) is 5.32 Å². The van der Waals surface area contributed by atoms with Gasteiger partial charge in [-0.3, -0.25) is 19.5 Å². The Morgan fingerprint density at radius 1 is 0.944 bits per heavy atom. The summed E-state index contributed by atoms with van der Waals surface area (Å²) in [5.41, 5.74) is 4.59. The summed E-state index contributed by atoms with van der Waals surface area (Å²) < 4.78 is 7.02. The maximum atomic E-state index is 13.1. The van der Waals surface area contributed by atoms with E-state index in [9.17, 15) is 9.59 Å². The summed E-state index contributed by atoms with van der Waals surface area (Å²) in [6.07, 6.45) is 2.12. The summed E-state index contributed by atoms with van der Waals surface area (Å²) in [4.78, 5) is 32.3. The highest BCUT2D eigenvalue weighted by Crippen LogP contribution is 2.24. The van der Waals surface area contributed by atoms with Gasteiger partial charge in [0.1, 0.15) is 6.54 Å². The quantitative estimate of drug-likeness (QED) is 0.361. The molecule has 0 atom stereocenters. The molecule has 2 amide bonds. The van der Waals surface area contributed by atoms with Gasteiger partial charge in [-0.25, -0.2) is 4.98 Å². The Bertz CT molecular complexity index is 1290. The molecule has 1 heterocycles. The average molecular weight is 483 g/mol. The molecule has 4 aromatic rings. The lowest BCUT2D eigenvalue weighted by molar-refractivity contribution is -0.134. The van der Waals surface area contributed by atoms with Gasteiger partial charge in [0.25, 0.3) is 0 Å². The Labute approximate surface area is 211 Å². The molecule has 0 saturated heterocycles. The van der Waals surface area contributed by atoms with Gasteiger partial charge in [-0.05, 0) is 24.6 Å². The average Bonchev–Trinajstić information content (AvgIpc) is 3.31. The predicted octanol–water partition coefficient (Wildman–Crippen LogP) is 4.50. The van der Waals surface area contributed by atoms with E-state index in [1.54, 1.807) is 7.11 Å². The molecule has 3 aromatic carbocycles. The number of nitrogens with one attached hydrogen (secondary N) is 1. The second kappa shape index (κ2) is 12.0. The molecule has 0 aliphatic rings.